The SMILES string of the molecule is C[C@H]1O/C(=N/O)[C@H](C)O1. The van der Waals surface area contributed by atoms with Crippen LogP contribution in [0.25, 0.3) is 0 Å². The van der Waals surface area contributed by atoms with Crippen molar-refractivity contribution in [3.05, 3.63) is 0 Å². The molecule has 1 heterocycles. The Morgan fingerprint density at radius 1 is 1.56 bits per heavy atom. The molecule has 52 valence electrons. The van der Waals surface area contributed by atoms with Crippen molar-refractivity contribution in [1.29, 1.82) is 0 Å². The predicted octanol–water partition coefficient (Wildman–Crippen LogP) is 0.555. The molecular formula is C5H9NO3. The standard InChI is InChI=1S/C5H9NO3/c1-3-5(6-7)9-4(2)8-3/h3-4,7H,1-2H3/b6-5+/t3-,4+/m0/s1. The molecule has 0 unspecified atom stereocenters. The molecule has 0 spiro atoms. The van der Waals surface area contributed by atoms with Crippen LogP contribution in [0.5, 0.6) is 0 Å². The Hall–Kier alpha value is -0.770. The van der Waals surface area contributed by atoms with Crippen LogP contribution in [0.4, 0.5) is 0 Å². The van der Waals surface area contributed by atoms with Crippen molar-refractivity contribution in [3.8, 4) is 0 Å². The lowest BCUT2D eigenvalue weighted by Gasteiger charge is -1.97. The molecule has 1 saturated heterocycles. The molecule has 4 nitrogen and oxygen atoms in total. The molecule has 0 radical (unpaired) electrons. The van der Waals surface area contributed by atoms with E-state index >= 15 is 0 Å². The zero-order valence-corrected chi connectivity index (χ0v) is 5.37. The number of hydrogen-bond donors (Lipinski definition) is 1. The molecule has 1 fully saturated rings. The maximum atomic E-state index is 8.24. The molecule has 4 heteroatoms. The van der Waals surface area contributed by atoms with Gasteiger partial charge in [-0.25, -0.2) is 0 Å². The van der Waals surface area contributed by atoms with Gasteiger partial charge in [-0.3, -0.25) is 0 Å². The van der Waals surface area contributed by atoms with Gasteiger partial charge in [-0.1, -0.05) is 5.16 Å². The van der Waals surface area contributed by atoms with Gasteiger partial charge in [0.1, 0.15) is 6.10 Å². The first-order valence-corrected chi connectivity index (χ1v) is 2.78. The lowest BCUT2D eigenvalue weighted by molar-refractivity contribution is -0.0293. The summed E-state index contributed by atoms with van der Waals surface area (Å²) in [5, 5.41) is 11.1. The van der Waals surface area contributed by atoms with E-state index < -0.39 is 0 Å². The number of oxime groups is 1. The summed E-state index contributed by atoms with van der Waals surface area (Å²) >= 11 is 0. The van der Waals surface area contributed by atoms with Gasteiger partial charge in [0.25, 0.3) is 5.90 Å². The molecule has 0 amide bonds. The van der Waals surface area contributed by atoms with Crippen molar-refractivity contribution in [2.45, 2.75) is 26.2 Å². The molecule has 9 heavy (non-hydrogen) atoms. The van der Waals surface area contributed by atoms with E-state index in [-0.39, 0.29) is 18.3 Å². The largest absolute Gasteiger partial charge is 0.447 e. The van der Waals surface area contributed by atoms with Gasteiger partial charge in [-0.05, 0) is 13.8 Å². The van der Waals surface area contributed by atoms with Crippen LogP contribution in [0.1, 0.15) is 13.8 Å². The highest BCUT2D eigenvalue weighted by molar-refractivity contribution is 5.81. The Labute approximate surface area is 53.1 Å². The third-order valence-corrected chi connectivity index (χ3v) is 1.13. The van der Waals surface area contributed by atoms with E-state index in [0.29, 0.717) is 0 Å². The average molecular weight is 131 g/mol. The second kappa shape index (κ2) is 2.23. The zero-order chi connectivity index (χ0) is 6.85. The summed E-state index contributed by atoms with van der Waals surface area (Å²) < 4.78 is 9.95. The van der Waals surface area contributed by atoms with Crippen molar-refractivity contribution in [1.82, 2.24) is 0 Å². The summed E-state index contributed by atoms with van der Waals surface area (Å²) in [6, 6.07) is 0. The molecule has 0 aliphatic carbocycles. The minimum atomic E-state index is -0.286. The van der Waals surface area contributed by atoms with E-state index in [1.54, 1.807) is 13.8 Å². The Morgan fingerprint density at radius 3 is 2.44 bits per heavy atom. The molecule has 1 rings (SSSR count). The van der Waals surface area contributed by atoms with Crippen LogP contribution in [0.15, 0.2) is 5.16 Å². The van der Waals surface area contributed by atoms with Gasteiger partial charge in [0, 0.05) is 0 Å². The van der Waals surface area contributed by atoms with Gasteiger partial charge in [-0.15, -0.1) is 0 Å². The molecular weight excluding hydrogens is 122 g/mol. The Morgan fingerprint density at radius 2 is 2.22 bits per heavy atom. The van der Waals surface area contributed by atoms with Crippen molar-refractivity contribution in [3.63, 3.8) is 0 Å². The predicted molar refractivity (Wildman–Crippen MR) is 30.3 cm³/mol. The van der Waals surface area contributed by atoms with Gasteiger partial charge in [0.2, 0.25) is 0 Å². The van der Waals surface area contributed by atoms with Gasteiger partial charge in [-0.2, -0.15) is 0 Å². The average Bonchev–Trinajstić information content (AvgIpc) is 2.10. The van der Waals surface area contributed by atoms with Gasteiger partial charge in [0.05, 0.1) is 0 Å². The first kappa shape index (κ1) is 6.35. The van der Waals surface area contributed by atoms with E-state index in [2.05, 4.69) is 5.16 Å². The van der Waals surface area contributed by atoms with Crippen LogP contribution >= 0.6 is 0 Å². The first-order valence-electron chi connectivity index (χ1n) is 2.78. The lowest BCUT2D eigenvalue weighted by atomic mass is 10.4. The second-order valence-electron chi connectivity index (χ2n) is 1.90. The molecule has 1 N–H and O–H groups in total. The van der Waals surface area contributed by atoms with Crippen LogP contribution in [-0.2, 0) is 9.47 Å². The van der Waals surface area contributed by atoms with Crippen molar-refractivity contribution >= 4 is 5.90 Å². The number of rotatable bonds is 0. The highest BCUT2D eigenvalue weighted by Gasteiger charge is 2.26. The molecule has 0 aromatic carbocycles. The molecule has 2 atom stereocenters. The van der Waals surface area contributed by atoms with Crippen molar-refractivity contribution < 1.29 is 14.7 Å². The van der Waals surface area contributed by atoms with Gasteiger partial charge >= 0.3 is 0 Å². The van der Waals surface area contributed by atoms with Gasteiger partial charge < -0.3 is 14.7 Å². The quantitative estimate of drug-likeness (QED) is 0.386. The monoisotopic (exact) mass is 131 g/mol. The highest BCUT2D eigenvalue weighted by atomic mass is 16.7. The van der Waals surface area contributed by atoms with Crippen molar-refractivity contribution in [2.75, 3.05) is 0 Å². The Balaban J connectivity index is 2.58. The third kappa shape index (κ3) is 1.13. The second-order valence-corrected chi connectivity index (χ2v) is 1.90. The van der Waals surface area contributed by atoms with Crippen LogP contribution < -0.4 is 0 Å². The minimum Gasteiger partial charge on any atom is -0.447 e. The van der Waals surface area contributed by atoms with E-state index in [4.69, 9.17) is 14.7 Å². The van der Waals surface area contributed by atoms with Crippen LogP contribution in [0, 0.1) is 0 Å². The molecule has 0 aromatic rings. The van der Waals surface area contributed by atoms with Crippen molar-refractivity contribution in [2.24, 2.45) is 5.16 Å². The minimum absolute atomic E-state index is 0.218. The topological polar surface area (TPSA) is 51.0 Å². The van der Waals surface area contributed by atoms with Crippen LogP contribution in [-0.4, -0.2) is 23.5 Å². The lowest BCUT2D eigenvalue weighted by Crippen LogP contribution is -2.10. The van der Waals surface area contributed by atoms with Gasteiger partial charge in [0.15, 0.2) is 6.29 Å². The summed E-state index contributed by atoms with van der Waals surface area (Å²) in [5.41, 5.74) is 0. The summed E-state index contributed by atoms with van der Waals surface area (Å²) in [5.74, 6) is 0.252. The first-order chi connectivity index (χ1) is 4.24. The Kier molecular flexibility index (Phi) is 1.57. The highest BCUT2D eigenvalue weighted by Crippen LogP contribution is 2.12. The fourth-order valence-corrected chi connectivity index (χ4v) is 0.744. The number of ether oxygens (including phenoxy) is 2. The molecule has 0 aromatic heterocycles. The molecule has 1 aliphatic rings. The normalized spacial score (nSPS) is 39.1. The summed E-state index contributed by atoms with van der Waals surface area (Å²) in [6.45, 7) is 3.51. The fourth-order valence-electron chi connectivity index (χ4n) is 0.744. The van der Waals surface area contributed by atoms with Crippen LogP contribution in [0.2, 0.25) is 0 Å². The summed E-state index contributed by atoms with van der Waals surface area (Å²) in [7, 11) is 0. The third-order valence-electron chi connectivity index (χ3n) is 1.13. The smallest absolute Gasteiger partial charge is 0.257 e. The van der Waals surface area contributed by atoms with E-state index in [1.165, 1.54) is 0 Å². The maximum Gasteiger partial charge on any atom is 0.257 e. The molecule has 1 aliphatic heterocycles. The molecule has 0 bridgehead atoms. The molecule has 0 saturated carbocycles. The van der Waals surface area contributed by atoms with Crippen LogP contribution in [0.3, 0.4) is 0 Å². The number of hydrogen-bond acceptors (Lipinski definition) is 4. The zero-order valence-electron chi connectivity index (χ0n) is 5.37. The summed E-state index contributed by atoms with van der Waals surface area (Å²) in [4.78, 5) is 0. The van der Waals surface area contributed by atoms with E-state index in [0.717, 1.165) is 0 Å². The number of nitrogens with zero attached hydrogens (tertiary/aromatic N) is 1. The maximum absolute atomic E-state index is 8.24. The summed E-state index contributed by atoms with van der Waals surface area (Å²) in [6.07, 6.45) is -0.504. The fraction of sp³-hybridized carbons (Fsp3) is 0.800. The van der Waals surface area contributed by atoms with E-state index in [1.807, 2.05) is 0 Å². The Bertz CT molecular complexity index is 134. The van der Waals surface area contributed by atoms with E-state index in [9.17, 15) is 0 Å².